The molecule has 0 saturated heterocycles. The molecule has 0 aromatic rings. The van der Waals surface area contributed by atoms with Crippen molar-refractivity contribution in [2.75, 3.05) is 5.33 Å². The van der Waals surface area contributed by atoms with Crippen molar-refractivity contribution in [1.82, 2.24) is 0 Å². The summed E-state index contributed by atoms with van der Waals surface area (Å²) in [6.45, 7) is 4.59. The van der Waals surface area contributed by atoms with Gasteiger partial charge in [-0.2, -0.15) is 0 Å². The van der Waals surface area contributed by atoms with Gasteiger partial charge in [-0.05, 0) is 31.6 Å². The van der Waals surface area contributed by atoms with Crippen LogP contribution in [-0.4, -0.2) is 5.33 Å². The predicted octanol–water partition coefficient (Wildman–Crippen LogP) is 4.15. The summed E-state index contributed by atoms with van der Waals surface area (Å²) in [5, 5.41) is 1.04. The van der Waals surface area contributed by atoms with Crippen molar-refractivity contribution in [2.24, 2.45) is 11.8 Å². The third-order valence-electron chi connectivity index (χ3n) is 2.71. The second-order valence-corrected chi connectivity index (χ2v) is 4.74. The molecule has 70 valence electrons. The molecule has 0 aliphatic heterocycles. The smallest absolute Gasteiger partial charge is 0.0239 e. The summed E-state index contributed by atoms with van der Waals surface area (Å²) in [6.07, 6.45) is 8.15. The zero-order valence-electron chi connectivity index (χ0n) is 8.15. The van der Waals surface area contributed by atoms with Crippen LogP contribution in [0.1, 0.15) is 39.5 Å². The number of alkyl halides is 1. The SMILES string of the molecule is C/C(=C/C1CCCC(C)C1)CBr. The van der Waals surface area contributed by atoms with Crippen LogP contribution in [0.3, 0.4) is 0 Å². The van der Waals surface area contributed by atoms with Gasteiger partial charge in [0.2, 0.25) is 0 Å². The molecule has 1 aliphatic rings. The molecule has 0 nitrogen and oxygen atoms in total. The Morgan fingerprint density at radius 3 is 2.83 bits per heavy atom. The van der Waals surface area contributed by atoms with Crippen molar-refractivity contribution in [1.29, 1.82) is 0 Å². The number of halogens is 1. The minimum absolute atomic E-state index is 0.867. The third kappa shape index (κ3) is 3.30. The number of allylic oxidation sites excluding steroid dienone is 2. The van der Waals surface area contributed by atoms with E-state index in [-0.39, 0.29) is 0 Å². The maximum atomic E-state index is 3.49. The monoisotopic (exact) mass is 230 g/mol. The van der Waals surface area contributed by atoms with Crippen LogP contribution in [0.25, 0.3) is 0 Å². The summed E-state index contributed by atoms with van der Waals surface area (Å²) in [5.41, 5.74) is 1.49. The van der Waals surface area contributed by atoms with Gasteiger partial charge in [-0.15, -0.1) is 0 Å². The number of hydrogen-bond donors (Lipinski definition) is 0. The van der Waals surface area contributed by atoms with Gasteiger partial charge in [0.25, 0.3) is 0 Å². The van der Waals surface area contributed by atoms with Gasteiger partial charge in [-0.3, -0.25) is 0 Å². The van der Waals surface area contributed by atoms with Crippen LogP contribution in [0.15, 0.2) is 11.6 Å². The van der Waals surface area contributed by atoms with E-state index in [0.717, 1.165) is 17.2 Å². The van der Waals surface area contributed by atoms with E-state index in [1.807, 2.05) is 0 Å². The lowest BCUT2D eigenvalue weighted by molar-refractivity contribution is 0.324. The molecule has 12 heavy (non-hydrogen) atoms. The average molecular weight is 231 g/mol. The topological polar surface area (TPSA) is 0 Å². The zero-order valence-corrected chi connectivity index (χ0v) is 9.73. The van der Waals surface area contributed by atoms with Crippen LogP contribution < -0.4 is 0 Å². The van der Waals surface area contributed by atoms with Gasteiger partial charge in [0.15, 0.2) is 0 Å². The van der Waals surface area contributed by atoms with Crippen molar-refractivity contribution in [3.63, 3.8) is 0 Å². The Hall–Kier alpha value is 0.220. The van der Waals surface area contributed by atoms with Gasteiger partial charge in [0.05, 0.1) is 0 Å². The standard InChI is InChI=1S/C11H19Br/c1-9-4-3-5-11(6-9)7-10(2)8-12/h7,9,11H,3-6,8H2,1-2H3/b10-7-. The highest BCUT2D eigenvalue weighted by Crippen LogP contribution is 2.30. The van der Waals surface area contributed by atoms with E-state index >= 15 is 0 Å². The van der Waals surface area contributed by atoms with Crippen LogP contribution in [0.4, 0.5) is 0 Å². The van der Waals surface area contributed by atoms with Gasteiger partial charge in [-0.1, -0.05) is 47.3 Å². The van der Waals surface area contributed by atoms with Crippen LogP contribution in [-0.2, 0) is 0 Å². The quantitative estimate of drug-likeness (QED) is 0.494. The van der Waals surface area contributed by atoms with Crippen LogP contribution in [0.2, 0.25) is 0 Å². The van der Waals surface area contributed by atoms with E-state index in [1.165, 1.54) is 31.3 Å². The van der Waals surface area contributed by atoms with Gasteiger partial charge in [-0.25, -0.2) is 0 Å². The third-order valence-corrected chi connectivity index (χ3v) is 3.59. The van der Waals surface area contributed by atoms with Crippen LogP contribution >= 0.6 is 15.9 Å². The summed E-state index contributed by atoms with van der Waals surface area (Å²) < 4.78 is 0. The average Bonchev–Trinajstić information content (AvgIpc) is 2.04. The molecule has 0 aromatic carbocycles. The van der Waals surface area contributed by atoms with E-state index in [4.69, 9.17) is 0 Å². The Morgan fingerprint density at radius 2 is 2.25 bits per heavy atom. The van der Waals surface area contributed by atoms with Crippen molar-refractivity contribution in [3.05, 3.63) is 11.6 Å². The molecule has 1 rings (SSSR count). The second-order valence-electron chi connectivity index (χ2n) is 4.18. The first-order chi connectivity index (χ1) is 5.72. The highest BCUT2D eigenvalue weighted by atomic mass is 79.9. The Kier molecular flexibility index (Phi) is 4.34. The van der Waals surface area contributed by atoms with Crippen molar-refractivity contribution in [2.45, 2.75) is 39.5 Å². The van der Waals surface area contributed by atoms with E-state index in [9.17, 15) is 0 Å². The first-order valence-corrected chi connectivity index (χ1v) is 6.07. The predicted molar refractivity (Wildman–Crippen MR) is 58.7 cm³/mol. The molecule has 1 aliphatic carbocycles. The normalized spacial score (nSPS) is 32.1. The maximum Gasteiger partial charge on any atom is 0.0239 e. The molecule has 2 unspecified atom stereocenters. The van der Waals surface area contributed by atoms with E-state index in [1.54, 1.807) is 0 Å². The zero-order chi connectivity index (χ0) is 8.97. The molecule has 1 saturated carbocycles. The van der Waals surface area contributed by atoms with E-state index < -0.39 is 0 Å². The highest BCUT2D eigenvalue weighted by Gasteiger charge is 2.16. The van der Waals surface area contributed by atoms with Gasteiger partial charge >= 0.3 is 0 Å². The van der Waals surface area contributed by atoms with Crippen LogP contribution in [0, 0.1) is 11.8 Å². The molecule has 0 radical (unpaired) electrons. The lowest BCUT2D eigenvalue weighted by Gasteiger charge is -2.24. The Morgan fingerprint density at radius 1 is 1.50 bits per heavy atom. The molecule has 0 bridgehead atoms. The Bertz CT molecular complexity index is 160. The largest absolute Gasteiger partial charge is 0.0880 e. The molecule has 1 fully saturated rings. The molecule has 2 atom stereocenters. The van der Waals surface area contributed by atoms with Gasteiger partial charge in [0.1, 0.15) is 0 Å². The fourth-order valence-electron chi connectivity index (χ4n) is 2.08. The Labute approximate surface area is 84.6 Å². The van der Waals surface area contributed by atoms with Crippen LogP contribution in [0.5, 0.6) is 0 Å². The number of rotatable bonds is 2. The molecule has 0 amide bonds. The van der Waals surface area contributed by atoms with Gasteiger partial charge < -0.3 is 0 Å². The molecular formula is C11H19Br. The summed E-state index contributed by atoms with van der Waals surface area (Å²) in [7, 11) is 0. The van der Waals surface area contributed by atoms with Crippen molar-refractivity contribution in [3.8, 4) is 0 Å². The lowest BCUT2D eigenvalue weighted by Crippen LogP contribution is -2.11. The fraction of sp³-hybridized carbons (Fsp3) is 0.818. The first kappa shape index (κ1) is 10.3. The fourth-order valence-corrected chi connectivity index (χ4v) is 2.27. The maximum absolute atomic E-state index is 3.49. The number of hydrogen-bond acceptors (Lipinski definition) is 0. The minimum atomic E-state index is 0.867. The second kappa shape index (κ2) is 5.06. The lowest BCUT2D eigenvalue weighted by atomic mass is 9.82. The van der Waals surface area contributed by atoms with Gasteiger partial charge in [0, 0.05) is 5.33 Å². The van der Waals surface area contributed by atoms with Crippen molar-refractivity contribution < 1.29 is 0 Å². The molecule has 1 heteroatoms. The van der Waals surface area contributed by atoms with Crippen molar-refractivity contribution >= 4 is 15.9 Å². The summed E-state index contributed by atoms with van der Waals surface area (Å²) in [5.74, 6) is 1.81. The summed E-state index contributed by atoms with van der Waals surface area (Å²) in [6, 6.07) is 0. The van der Waals surface area contributed by atoms with E-state index in [2.05, 4.69) is 35.9 Å². The molecule has 0 spiro atoms. The highest BCUT2D eigenvalue weighted by molar-refractivity contribution is 9.09. The van der Waals surface area contributed by atoms with E-state index in [0.29, 0.717) is 0 Å². The minimum Gasteiger partial charge on any atom is -0.0880 e. The Balaban J connectivity index is 2.41. The first-order valence-electron chi connectivity index (χ1n) is 4.95. The molecular weight excluding hydrogens is 212 g/mol. The summed E-state index contributed by atoms with van der Waals surface area (Å²) >= 11 is 3.49. The molecule has 0 heterocycles. The summed E-state index contributed by atoms with van der Waals surface area (Å²) in [4.78, 5) is 0. The molecule has 0 N–H and O–H groups in total. The molecule has 0 aromatic heterocycles.